The average molecular weight is 283 g/mol. The maximum absolute atomic E-state index is 14.5. The Hall–Kier alpha value is -1.13. The van der Waals surface area contributed by atoms with E-state index in [1.807, 2.05) is 13.0 Å². The van der Waals surface area contributed by atoms with E-state index in [0.29, 0.717) is 12.2 Å². The maximum Gasteiger partial charge on any atom is 0.169 e. The van der Waals surface area contributed by atoms with Crippen molar-refractivity contribution in [3.05, 3.63) is 29.6 Å². The fourth-order valence-electron chi connectivity index (χ4n) is 2.33. The van der Waals surface area contributed by atoms with Crippen molar-refractivity contribution in [3.8, 4) is 5.75 Å². The van der Waals surface area contributed by atoms with Gasteiger partial charge in [-0.15, -0.1) is 0 Å². The lowest BCUT2D eigenvalue weighted by Gasteiger charge is -2.28. The van der Waals surface area contributed by atoms with E-state index in [2.05, 4.69) is 19.2 Å². The summed E-state index contributed by atoms with van der Waals surface area (Å²) in [4.78, 5) is 0. The van der Waals surface area contributed by atoms with Crippen LogP contribution in [0.2, 0.25) is 0 Å². The van der Waals surface area contributed by atoms with Crippen LogP contribution in [0.1, 0.15) is 45.2 Å². The molecule has 0 saturated heterocycles. The van der Waals surface area contributed by atoms with E-state index in [0.717, 1.165) is 19.4 Å². The van der Waals surface area contributed by atoms with Gasteiger partial charge < -0.3 is 14.8 Å². The quantitative estimate of drug-likeness (QED) is 0.749. The van der Waals surface area contributed by atoms with Crippen LogP contribution in [-0.2, 0) is 4.74 Å². The van der Waals surface area contributed by atoms with Crippen molar-refractivity contribution in [2.45, 2.75) is 45.8 Å². The second-order valence-corrected chi connectivity index (χ2v) is 4.70. The summed E-state index contributed by atoms with van der Waals surface area (Å²) < 4.78 is 25.3. The molecule has 0 bridgehead atoms. The van der Waals surface area contributed by atoms with Crippen molar-refractivity contribution in [2.75, 3.05) is 20.3 Å². The van der Waals surface area contributed by atoms with Crippen LogP contribution in [0.25, 0.3) is 0 Å². The largest absolute Gasteiger partial charge is 0.494 e. The Morgan fingerprint density at radius 1 is 1.25 bits per heavy atom. The molecule has 2 unspecified atom stereocenters. The van der Waals surface area contributed by atoms with Gasteiger partial charge in [-0.2, -0.15) is 0 Å². The molecule has 0 aliphatic carbocycles. The Bertz CT molecular complexity index is 398. The van der Waals surface area contributed by atoms with Crippen LogP contribution in [0.5, 0.6) is 5.75 Å². The van der Waals surface area contributed by atoms with E-state index in [-0.39, 0.29) is 23.7 Å². The molecule has 0 fully saturated rings. The zero-order valence-electron chi connectivity index (χ0n) is 12.9. The molecule has 4 heteroatoms. The molecule has 2 atom stereocenters. The van der Waals surface area contributed by atoms with Crippen molar-refractivity contribution < 1.29 is 13.9 Å². The standard InChI is InChI=1S/C16H26FNO2/c1-5-11-18-16(13(6-2)20-7-3)12-9-8-10-14(19-4)15(12)17/h8-10,13,16,18H,5-7,11H2,1-4H3. The number of hydrogen-bond acceptors (Lipinski definition) is 3. The van der Waals surface area contributed by atoms with Gasteiger partial charge in [0, 0.05) is 12.2 Å². The SMILES string of the molecule is CCCNC(c1cccc(OC)c1F)C(CC)OCC. The molecule has 0 aliphatic heterocycles. The predicted octanol–water partition coefficient (Wildman–Crippen LogP) is 3.69. The Kier molecular flexibility index (Phi) is 7.55. The van der Waals surface area contributed by atoms with Crippen LogP contribution in [0, 0.1) is 5.82 Å². The molecule has 20 heavy (non-hydrogen) atoms. The fourth-order valence-corrected chi connectivity index (χ4v) is 2.33. The Labute approximate surface area is 121 Å². The fraction of sp³-hybridized carbons (Fsp3) is 0.625. The second-order valence-electron chi connectivity index (χ2n) is 4.70. The van der Waals surface area contributed by atoms with Gasteiger partial charge >= 0.3 is 0 Å². The number of ether oxygens (including phenoxy) is 2. The Balaban J connectivity index is 3.08. The summed E-state index contributed by atoms with van der Waals surface area (Å²) in [5.74, 6) is -0.0288. The highest BCUT2D eigenvalue weighted by atomic mass is 19.1. The summed E-state index contributed by atoms with van der Waals surface area (Å²) >= 11 is 0. The molecule has 0 aliphatic rings. The minimum atomic E-state index is -0.304. The summed E-state index contributed by atoms with van der Waals surface area (Å²) in [7, 11) is 1.48. The molecule has 0 spiro atoms. The van der Waals surface area contributed by atoms with E-state index >= 15 is 0 Å². The Morgan fingerprint density at radius 2 is 2.00 bits per heavy atom. The van der Waals surface area contributed by atoms with Crippen molar-refractivity contribution >= 4 is 0 Å². The van der Waals surface area contributed by atoms with E-state index in [1.165, 1.54) is 7.11 Å². The molecule has 0 amide bonds. The lowest BCUT2D eigenvalue weighted by Crippen LogP contribution is -2.34. The van der Waals surface area contributed by atoms with Gasteiger partial charge in [-0.25, -0.2) is 4.39 Å². The topological polar surface area (TPSA) is 30.5 Å². The molecular weight excluding hydrogens is 257 g/mol. The van der Waals surface area contributed by atoms with Crippen LogP contribution in [-0.4, -0.2) is 26.4 Å². The third kappa shape index (κ3) is 4.18. The van der Waals surface area contributed by atoms with E-state index in [1.54, 1.807) is 12.1 Å². The lowest BCUT2D eigenvalue weighted by atomic mass is 9.98. The molecule has 1 rings (SSSR count). The van der Waals surface area contributed by atoms with Gasteiger partial charge in [0.15, 0.2) is 11.6 Å². The summed E-state index contributed by atoms with van der Waals surface area (Å²) in [5.41, 5.74) is 0.609. The lowest BCUT2D eigenvalue weighted by molar-refractivity contribution is 0.0304. The molecule has 1 aromatic carbocycles. The highest BCUT2D eigenvalue weighted by Crippen LogP contribution is 2.29. The molecule has 0 aromatic heterocycles. The first kappa shape index (κ1) is 16.9. The number of rotatable bonds is 9. The number of methoxy groups -OCH3 is 1. The van der Waals surface area contributed by atoms with Crippen LogP contribution < -0.4 is 10.1 Å². The number of benzene rings is 1. The van der Waals surface area contributed by atoms with Gasteiger partial charge in [0.25, 0.3) is 0 Å². The molecule has 0 heterocycles. The van der Waals surface area contributed by atoms with E-state index in [9.17, 15) is 4.39 Å². The van der Waals surface area contributed by atoms with E-state index in [4.69, 9.17) is 9.47 Å². The van der Waals surface area contributed by atoms with Crippen LogP contribution >= 0.6 is 0 Å². The average Bonchev–Trinajstić information content (AvgIpc) is 2.47. The zero-order chi connectivity index (χ0) is 15.0. The van der Waals surface area contributed by atoms with Gasteiger partial charge in [0.2, 0.25) is 0 Å². The predicted molar refractivity (Wildman–Crippen MR) is 79.7 cm³/mol. The molecular formula is C16H26FNO2. The number of halogens is 1. The summed E-state index contributed by atoms with van der Waals surface area (Å²) in [6.45, 7) is 7.55. The van der Waals surface area contributed by atoms with Crippen molar-refractivity contribution in [3.63, 3.8) is 0 Å². The van der Waals surface area contributed by atoms with E-state index < -0.39 is 0 Å². The van der Waals surface area contributed by atoms with Crippen LogP contribution in [0.4, 0.5) is 4.39 Å². The highest BCUT2D eigenvalue weighted by molar-refractivity contribution is 5.33. The number of hydrogen-bond donors (Lipinski definition) is 1. The molecule has 1 N–H and O–H groups in total. The minimum Gasteiger partial charge on any atom is -0.494 e. The zero-order valence-corrected chi connectivity index (χ0v) is 12.9. The number of nitrogens with one attached hydrogen (secondary N) is 1. The smallest absolute Gasteiger partial charge is 0.169 e. The molecule has 1 aromatic rings. The maximum atomic E-state index is 14.5. The van der Waals surface area contributed by atoms with Crippen molar-refractivity contribution in [2.24, 2.45) is 0 Å². The molecule has 3 nitrogen and oxygen atoms in total. The monoisotopic (exact) mass is 283 g/mol. The summed E-state index contributed by atoms with van der Waals surface area (Å²) in [6, 6.07) is 5.09. The molecule has 0 saturated carbocycles. The van der Waals surface area contributed by atoms with Crippen LogP contribution in [0.15, 0.2) is 18.2 Å². The molecule has 0 radical (unpaired) electrons. The minimum absolute atomic E-state index is 0.0480. The van der Waals surface area contributed by atoms with Gasteiger partial charge in [-0.1, -0.05) is 26.0 Å². The highest BCUT2D eigenvalue weighted by Gasteiger charge is 2.25. The van der Waals surface area contributed by atoms with Gasteiger partial charge in [-0.05, 0) is 32.4 Å². The van der Waals surface area contributed by atoms with Gasteiger partial charge in [0.1, 0.15) is 0 Å². The first-order valence-electron chi connectivity index (χ1n) is 7.36. The first-order valence-corrected chi connectivity index (χ1v) is 7.36. The Morgan fingerprint density at radius 3 is 2.55 bits per heavy atom. The summed E-state index contributed by atoms with van der Waals surface area (Å²) in [6.07, 6.45) is 1.77. The third-order valence-corrected chi connectivity index (χ3v) is 3.32. The third-order valence-electron chi connectivity index (χ3n) is 3.32. The van der Waals surface area contributed by atoms with Crippen molar-refractivity contribution in [1.82, 2.24) is 5.32 Å². The normalized spacial score (nSPS) is 14.1. The second kappa shape index (κ2) is 8.93. The van der Waals surface area contributed by atoms with Gasteiger partial charge in [-0.3, -0.25) is 0 Å². The molecule has 114 valence electrons. The van der Waals surface area contributed by atoms with Crippen molar-refractivity contribution in [1.29, 1.82) is 0 Å². The summed E-state index contributed by atoms with van der Waals surface area (Å²) in [5, 5.41) is 3.39. The van der Waals surface area contributed by atoms with Crippen LogP contribution in [0.3, 0.4) is 0 Å². The van der Waals surface area contributed by atoms with Gasteiger partial charge in [0.05, 0.1) is 19.3 Å². The first-order chi connectivity index (χ1) is 9.69.